The van der Waals surface area contributed by atoms with Crippen LogP contribution < -0.4 is 16.4 Å². The highest BCUT2D eigenvalue weighted by Crippen LogP contribution is 2.14. The van der Waals surface area contributed by atoms with Crippen molar-refractivity contribution in [3.8, 4) is 0 Å². The molecule has 532 valence electrons. The van der Waals surface area contributed by atoms with E-state index in [1.54, 1.807) is 41.5 Å². The standard InChI is InChI=1S/C23H42N2O11.C17H30N2O11.C8H19NO4.C6H12O2.C2H6O/c1-5-32-15-18(27)16-33-14-17(26)11-24-20(28)10-9-19(23(31)36-8-4)25(12-21(29)34-6-2)13-22(30)35-7-3;1-2-29-9-12(21)10-30-8-11(20)5-18-14(22)4-3-13(17(27)28)19(6-15(23)24)7-16(25)26;1-2-12-5-8(11)6-13-4-7(10)3-9;1-2-7-4-3-6-5-8-6;1-2-3/h17-19,26-27H,5-16H2,1-4H3,(H,24,28);11-13,20-21H,2-10H2,1H3,(H,18,22)(H,23,24)(H,25,26)(H,27,28);7-8,10-11H,2-6,9H2,1H3;6H,2-5H2,1H3;3H,2H2,1H3. The summed E-state index contributed by atoms with van der Waals surface area (Å²) < 4.78 is 55.3. The van der Waals surface area contributed by atoms with Crippen molar-refractivity contribution < 1.29 is 142 Å². The zero-order valence-electron chi connectivity index (χ0n) is 53.8. The maximum absolute atomic E-state index is 12.6. The molecule has 1 heterocycles. The van der Waals surface area contributed by atoms with E-state index in [-0.39, 0.29) is 144 Å². The van der Waals surface area contributed by atoms with Crippen LogP contribution in [0.3, 0.4) is 0 Å². The van der Waals surface area contributed by atoms with Crippen molar-refractivity contribution in [2.75, 3.05) is 171 Å². The molecule has 1 rings (SSSR count). The van der Waals surface area contributed by atoms with Crippen LogP contribution in [-0.4, -0.2) is 335 Å². The lowest BCUT2D eigenvalue weighted by molar-refractivity contribution is -0.157. The van der Waals surface area contributed by atoms with Gasteiger partial charge in [-0.05, 0) is 74.7 Å². The van der Waals surface area contributed by atoms with Crippen LogP contribution in [0.5, 0.6) is 0 Å². The predicted octanol–water partition coefficient (Wildman–Crippen LogP) is -3.87. The number of nitrogens with two attached hydrogens (primary N) is 1. The van der Waals surface area contributed by atoms with E-state index in [1.807, 2.05) is 13.8 Å². The Kier molecular flexibility index (Phi) is 63.8. The second-order valence-electron chi connectivity index (χ2n) is 19.0. The maximum atomic E-state index is 12.6. The summed E-state index contributed by atoms with van der Waals surface area (Å²) in [4.78, 5) is 96.0. The Labute approximate surface area is 527 Å². The first kappa shape index (κ1) is 91.5. The maximum Gasteiger partial charge on any atom is 0.323 e. The highest BCUT2D eigenvalue weighted by molar-refractivity contribution is 5.82. The van der Waals surface area contributed by atoms with Gasteiger partial charge >= 0.3 is 35.8 Å². The second-order valence-corrected chi connectivity index (χ2v) is 19.0. The van der Waals surface area contributed by atoms with E-state index in [2.05, 4.69) is 10.6 Å². The Hall–Kier alpha value is -4.96. The van der Waals surface area contributed by atoms with Gasteiger partial charge in [0, 0.05) is 72.1 Å². The van der Waals surface area contributed by atoms with Gasteiger partial charge < -0.3 is 120 Å². The highest BCUT2D eigenvalue weighted by atomic mass is 16.6. The number of carbonyl (C=O) groups excluding carboxylic acids is 5. The minimum absolute atomic E-state index is 0.0248. The van der Waals surface area contributed by atoms with Gasteiger partial charge in [-0.1, -0.05) is 0 Å². The van der Waals surface area contributed by atoms with E-state index in [0.717, 1.165) is 31.1 Å². The molecule has 34 nitrogen and oxygen atoms in total. The number of aliphatic carboxylic acids is 3. The third-order valence-corrected chi connectivity index (χ3v) is 10.9. The Balaban J connectivity index is -0.000000605. The number of esters is 3. The van der Waals surface area contributed by atoms with Crippen LogP contribution in [0.2, 0.25) is 0 Å². The van der Waals surface area contributed by atoms with Gasteiger partial charge in [-0.25, -0.2) is 0 Å². The number of nitrogens with zero attached hydrogens (tertiary/aromatic N) is 2. The van der Waals surface area contributed by atoms with Gasteiger partial charge in [-0.15, -0.1) is 0 Å². The Bertz CT molecular complexity index is 1780. The van der Waals surface area contributed by atoms with Gasteiger partial charge in [0.25, 0.3) is 0 Å². The van der Waals surface area contributed by atoms with E-state index < -0.39 is 109 Å². The minimum atomic E-state index is -1.48. The Morgan fingerprint density at radius 2 is 0.811 bits per heavy atom. The molecule has 0 radical (unpaired) electrons. The second kappa shape index (κ2) is 62.8. The molecule has 0 spiro atoms. The summed E-state index contributed by atoms with van der Waals surface area (Å²) in [6.45, 7) is 16.6. The number of carbonyl (C=O) groups is 8. The molecule has 0 aliphatic carbocycles. The van der Waals surface area contributed by atoms with Gasteiger partial charge in [0.15, 0.2) is 0 Å². The predicted molar refractivity (Wildman–Crippen MR) is 319 cm³/mol. The van der Waals surface area contributed by atoms with E-state index in [1.165, 1.54) is 4.90 Å². The third-order valence-electron chi connectivity index (χ3n) is 10.9. The lowest BCUT2D eigenvalue weighted by atomic mass is 10.1. The molecule has 1 saturated heterocycles. The number of hydrogen-bond donors (Lipinski definition) is 13. The molecule has 1 aliphatic rings. The summed E-state index contributed by atoms with van der Waals surface area (Å²) in [5.74, 6) is -7.32. The fourth-order valence-electron chi connectivity index (χ4n) is 6.68. The number of rotatable bonds is 51. The zero-order chi connectivity index (χ0) is 69.1. The summed E-state index contributed by atoms with van der Waals surface area (Å²) >= 11 is 0. The molecule has 9 unspecified atom stereocenters. The van der Waals surface area contributed by atoms with Crippen molar-refractivity contribution in [2.45, 2.75) is 142 Å². The molecular weight excluding hydrogens is 1210 g/mol. The monoisotopic (exact) mass is 1320 g/mol. The number of aliphatic hydroxyl groups is 7. The molecule has 34 heteroatoms. The summed E-state index contributed by atoms with van der Waals surface area (Å²) in [5, 5.41) is 96.4. The van der Waals surface area contributed by atoms with Crippen molar-refractivity contribution in [1.82, 2.24) is 20.4 Å². The molecule has 9 atom stereocenters. The number of nitrogens with one attached hydrogen (secondary N) is 2. The van der Waals surface area contributed by atoms with Crippen LogP contribution in [0, 0.1) is 0 Å². The average molecular weight is 1320 g/mol. The van der Waals surface area contributed by atoms with E-state index in [0.29, 0.717) is 25.9 Å². The summed E-state index contributed by atoms with van der Waals surface area (Å²) in [5.41, 5.74) is 5.15. The minimum Gasteiger partial charge on any atom is -0.480 e. The molecule has 2 amide bonds. The van der Waals surface area contributed by atoms with Gasteiger partial charge in [0.05, 0.1) is 136 Å². The molecule has 0 bridgehead atoms. The summed E-state index contributed by atoms with van der Waals surface area (Å²) in [6, 6.07) is -2.56. The first-order valence-electron chi connectivity index (χ1n) is 30.0. The van der Waals surface area contributed by atoms with Crippen LogP contribution in [0.25, 0.3) is 0 Å². The summed E-state index contributed by atoms with van der Waals surface area (Å²) in [7, 11) is 0. The molecule has 0 aromatic rings. The fraction of sp³-hybridized carbons (Fsp3) is 0.857. The SMILES string of the molecule is CCO.CCOCC(O)COCC(O)CN.CCOCC(O)COCC(O)CNC(=O)CCC(C(=O)O)N(CC(=O)O)CC(=O)O.CCOCC(O)COCC(O)CNC(=O)CCC(C(=O)OCC)N(CC(=O)OCC)CC(=O)OCC.CCOCCC1CO1. The van der Waals surface area contributed by atoms with E-state index in [9.17, 15) is 69.0 Å². The molecule has 0 aromatic heterocycles. The fourth-order valence-corrected chi connectivity index (χ4v) is 6.68. The molecule has 14 N–H and O–H groups in total. The number of carboxylic acids is 3. The number of carboxylic acid groups (broad SMARTS) is 3. The average Bonchev–Trinajstić information content (AvgIpc) is 2.05. The number of epoxide rings is 1. The van der Waals surface area contributed by atoms with Crippen LogP contribution in [0.15, 0.2) is 0 Å². The molecule has 0 aromatic carbocycles. The molecule has 0 saturated carbocycles. The third kappa shape index (κ3) is 60.6. The molecule has 90 heavy (non-hydrogen) atoms. The van der Waals surface area contributed by atoms with Gasteiger partial charge in [0.2, 0.25) is 11.8 Å². The first-order valence-corrected chi connectivity index (χ1v) is 30.0. The van der Waals surface area contributed by atoms with Crippen molar-refractivity contribution in [2.24, 2.45) is 5.73 Å². The van der Waals surface area contributed by atoms with Gasteiger partial charge in [-0.3, -0.25) is 48.2 Å². The van der Waals surface area contributed by atoms with Crippen molar-refractivity contribution >= 4 is 47.6 Å². The highest BCUT2D eigenvalue weighted by Gasteiger charge is 2.33. The van der Waals surface area contributed by atoms with Crippen LogP contribution in [0.4, 0.5) is 0 Å². The normalized spacial score (nSPS) is 14.9. The van der Waals surface area contributed by atoms with E-state index in [4.69, 9.17) is 78.3 Å². The van der Waals surface area contributed by atoms with Crippen molar-refractivity contribution in [3.05, 3.63) is 0 Å². The van der Waals surface area contributed by atoms with Gasteiger partial charge in [-0.2, -0.15) is 0 Å². The smallest absolute Gasteiger partial charge is 0.323 e. The largest absolute Gasteiger partial charge is 0.480 e. The zero-order valence-corrected chi connectivity index (χ0v) is 53.8. The Morgan fingerprint density at radius 3 is 1.13 bits per heavy atom. The number of hydrogen-bond acceptors (Lipinski definition) is 29. The van der Waals surface area contributed by atoms with Gasteiger partial charge in [0.1, 0.15) is 30.4 Å². The Morgan fingerprint density at radius 1 is 0.478 bits per heavy atom. The van der Waals surface area contributed by atoms with Crippen LogP contribution in [-0.2, 0) is 90.5 Å². The van der Waals surface area contributed by atoms with Crippen LogP contribution >= 0.6 is 0 Å². The molecule has 1 fully saturated rings. The summed E-state index contributed by atoms with van der Waals surface area (Å²) in [6.07, 6.45) is -4.29. The lowest BCUT2D eigenvalue weighted by Gasteiger charge is -2.28. The number of ether oxygens (including phenoxy) is 11. The van der Waals surface area contributed by atoms with Crippen LogP contribution in [0.1, 0.15) is 87.5 Å². The molecular formula is C56H109N5O29. The lowest BCUT2D eigenvalue weighted by Crippen LogP contribution is -2.48. The van der Waals surface area contributed by atoms with Crippen molar-refractivity contribution in [3.63, 3.8) is 0 Å². The topological polar surface area (TPSA) is 500 Å². The number of aliphatic hydroxyl groups excluding tert-OH is 7. The first-order chi connectivity index (χ1) is 42.8. The van der Waals surface area contributed by atoms with E-state index >= 15 is 0 Å². The quantitative estimate of drug-likeness (QED) is 0.0120. The number of amides is 2. The molecule has 1 aliphatic heterocycles. The van der Waals surface area contributed by atoms with Crippen molar-refractivity contribution in [1.29, 1.82) is 0 Å².